The Hall–Kier alpha value is -2.94. The SMILES string of the molecule is COC(=O)c1cc(C[C@H](N)C(=O)OCC(C)NCC(O)c2ccccc2)ccc1O. The molecule has 0 aliphatic heterocycles. The number of benzene rings is 2. The molecule has 0 aromatic heterocycles. The summed E-state index contributed by atoms with van der Waals surface area (Å²) >= 11 is 0. The van der Waals surface area contributed by atoms with Gasteiger partial charge < -0.3 is 30.7 Å². The third-order valence-electron chi connectivity index (χ3n) is 4.54. The molecule has 0 bridgehead atoms. The molecule has 8 heteroatoms. The Bertz CT molecular complexity index is 843. The van der Waals surface area contributed by atoms with Crippen LogP contribution in [0.1, 0.15) is 34.5 Å². The van der Waals surface area contributed by atoms with E-state index in [1.807, 2.05) is 37.3 Å². The van der Waals surface area contributed by atoms with E-state index >= 15 is 0 Å². The second-order valence-electron chi connectivity index (χ2n) is 7.02. The fourth-order valence-corrected chi connectivity index (χ4v) is 2.80. The molecule has 2 aromatic carbocycles. The summed E-state index contributed by atoms with van der Waals surface area (Å²) in [5, 5.41) is 23.0. The number of carbonyl (C=O) groups is 2. The van der Waals surface area contributed by atoms with Gasteiger partial charge in [0.2, 0.25) is 0 Å². The molecule has 0 saturated heterocycles. The van der Waals surface area contributed by atoms with Gasteiger partial charge in [0.1, 0.15) is 24.0 Å². The summed E-state index contributed by atoms with van der Waals surface area (Å²) in [6, 6.07) is 12.5. The van der Waals surface area contributed by atoms with Crippen molar-refractivity contribution in [2.24, 2.45) is 5.73 Å². The maximum atomic E-state index is 12.2. The van der Waals surface area contributed by atoms with Gasteiger partial charge in [-0.05, 0) is 36.6 Å². The first kappa shape index (κ1) is 23.3. The number of methoxy groups -OCH3 is 1. The fraction of sp³-hybridized carbons (Fsp3) is 0.364. The van der Waals surface area contributed by atoms with E-state index in [0.29, 0.717) is 12.1 Å². The van der Waals surface area contributed by atoms with Crippen LogP contribution < -0.4 is 11.1 Å². The Morgan fingerprint density at radius 1 is 1.17 bits per heavy atom. The lowest BCUT2D eigenvalue weighted by Gasteiger charge is -2.19. The molecule has 0 fully saturated rings. The van der Waals surface area contributed by atoms with Crippen molar-refractivity contribution in [2.75, 3.05) is 20.3 Å². The van der Waals surface area contributed by atoms with Crippen LogP contribution in [-0.2, 0) is 20.7 Å². The highest BCUT2D eigenvalue weighted by atomic mass is 16.5. The second-order valence-corrected chi connectivity index (χ2v) is 7.02. The number of rotatable bonds is 10. The molecular formula is C22H28N2O6. The molecule has 0 aliphatic rings. The smallest absolute Gasteiger partial charge is 0.341 e. The molecule has 2 unspecified atom stereocenters. The van der Waals surface area contributed by atoms with Crippen LogP contribution in [0.5, 0.6) is 5.75 Å². The monoisotopic (exact) mass is 416 g/mol. The highest BCUT2D eigenvalue weighted by Gasteiger charge is 2.19. The van der Waals surface area contributed by atoms with E-state index in [0.717, 1.165) is 5.56 Å². The molecule has 0 radical (unpaired) electrons. The van der Waals surface area contributed by atoms with Crippen LogP contribution in [-0.4, -0.2) is 54.5 Å². The first-order valence-electron chi connectivity index (χ1n) is 9.60. The van der Waals surface area contributed by atoms with Gasteiger partial charge in [0.25, 0.3) is 0 Å². The molecule has 0 amide bonds. The van der Waals surface area contributed by atoms with Gasteiger partial charge >= 0.3 is 11.9 Å². The minimum absolute atomic E-state index is 0.00497. The predicted molar refractivity (Wildman–Crippen MR) is 111 cm³/mol. The molecule has 5 N–H and O–H groups in total. The summed E-state index contributed by atoms with van der Waals surface area (Å²) in [4.78, 5) is 23.8. The van der Waals surface area contributed by atoms with E-state index in [1.54, 1.807) is 6.07 Å². The van der Waals surface area contributed by atoms with Crippen molar-refractivity contribution in [2.45, 2.75) is 31.5 Å². The van der Waals surface area contributed by atoms with Crippen LogP contribution in [0.3, 0.4) is 0 Å². The van der Waals surface area contributed by atoms with Crippen LogP contribution in [0.2, 0.25) is 0 Å². The van der Waals surface area contributed by atoms with Crippen LogP contribution >= 0.6 is 0 Å². The first-order chi connectivity index (χ1) is 14.3. The highest BCUT2D eigenvalue weighted by molar-refractivity contribution is 5.92. The number of hydrogen-bond donors (Lipinski definition) is 4. The average molecular weight is 416 g/mol. The van der Waals surface area contributed by atoms with Crippen molar-refractivity contribution in [3.8, 4) is 5.75 Å². The van der Waals surface area contributed by atoms with Gasteiger partial charge in [0.15, 0.2) is 0 Å². The minimum Gasteiger partial charge on any atom is -0.507 e. The maximum Gasteiger partial charge on any atom is 0.341 e. The van der Waals surface area contributed by atoms with Crippen molar-refractivity contribution in [3.63, 3.8) is 0 Å². The van der Waals surface area contributed by atoms with E-state index in [4.69, 9.17) is 10.5 Å². The number of hydrogen-bond acceptors (Lipinski definition) is 8. The lowest BCUT2D eigenvalue weighted by Crippen LogP contribution is -2.39. The van der Waals surface area contributed by atoms with E-state index in [1.165, 1.54) is 19.2 Å². The number of aliphatic hydroxyl groups excluding tert-OH is 1. The first-order valence-corrected chi connectivity index (χ1v) is 9.60. The number of aliphatic hydroxyl groups is 1. The van der Waals surface area contributed by atoms with E-state index in [2.05, 4.69) is 10.1 Å². The molecule has 0 aliphatic carbocycles. The Kier molecular flexibility index (Phi) is 8.79. The summed E-state index contributed by atoms with van der Waals surface area (Å²) < 4.78 is 9.86. The molecule has 2 rings (SSSR count). The summed E-state index contributed by atoms with van der Waals surface area (Å²) in [6.07, 6.45) is -0.525. The number of ether oxygens (including phenoxy) is 2. The largest absolute Gasteiger partial charge is 0.507 e. The van der Waals surface area contributed by atoms with Gasteiger partial charge in [0, 0.05) is 12.6 Å². The highest BCUT2D eigenvalue weighted by Crippen LogP contribution is 2.20. The standard InChI is InChI=1S/C22H28N2O6/c1-14(24-12-20(26)16-6-4-3-5-7-16)13-30-22(28)18(23)11-15-8-9-19(25)17(10-15)21(27)29-2/h3-10,14,18,20,24-26H,11-13,23H2,1-2H3/t14?,18-,20?/m0/s1. The predicted octanol–water partition coefficient (Wildman–Crippen LogP) is 1.30. The van der Waals surface area contributed by atoms with E-state index in [-0.39, 0.29) is 30.4 Å². The van der Waals surface area contributed by atoms with Crippen molar-refractivity contribution < 1.29 is 29.3 Å². The van der Waals surface area contributed by atoms with E-state index < -0.39 is 24.1 Å². The molecule has 162 valence electrons. The number of carbonyl (C=O) groups excluding carboxylic acids is 2. The summed E-state index contributed by atoms with van der Waals surface area (Å²) in [5.74, 6) is -1.47. The number of nitrogens with two attached hydrogens (primary N) is 1. The Balaban J connectivity index is 1.79. The summed E-state index contributed by atoms with van der Waals surface area (Å²) in [6.45, 7) is 2.24. The minimum atomic E-state index is -0.929. The molecular weight excluding hydrogens is 388 g/mol. The van der Waals surface area contributed by atoms with Crippen molar-refractivity contribution in [1.82, 2.24) is 5.32 Å². The topological polar surface area (TPSA) is 131 Å². The molecule has 8 nitrogen and oxygen atoms in total. The zero-order valence-electron chi connectivity index (χ0n) is 17.1. The zero-order chi connectivity index (χ0) is 22.1. The number of nitrogens with one attached hydrogen (secondary N) is 1. The Morgan fingerprint density at radius 3 is 2.53 bits per heavy atom. The fourth-order valence-electron chi connectivity index (χ4n) is 2.80. The normalized spacial score (nSPS) is 13.9. The van der Waals surface area contributed by atoms with Crippen LogP contribution in [0, 0.1) is 0 Å². The second kappa shape index (κ2) is 11.3. The average Bonchev–Trinajstić information content (AvgIpc) is 2.76. The van der Waals surface area contributed by atoms with E-state index in [9.17, 15) is 19.8 Å². The van der Waals surface area contributed by atoms with Gasteiger partial charge in [0.05, 0.1) is 13.2 Å². The Labute approximate surface area is 175 Å². The summed E-state index contributed by atoms with van der Waals surface area (Å²) in [5.41, 5.74) is 7.32. The van der Waals surface area contributed by atoms with Crippen molar-refractivity contribution >= 4 is 11.9 Å². The van der Waals surface area contributed by atoms with Gasteiger partial charge in [-0.2, -0.15) is 0 Å². The lowest BCUT2D eigenvalue weighted by molar-refractivity contribution is -0.145. The quantitative estimate of drug-likeness (QED) is 0.426. The van der Waals surface area contributed by atoms with Gasteiger partial charge in [-0.25, -0.2) is 4.79 Å². The van der Waals surface area contributed by atoms with Crippen molar-refractivity contribution in [3.05, 3.63) is 65.2 Å². The molecule has 30 heavy (non-hydrogen) atoms. The van der Waals surface area contributed by atoms with Crippen LogP contribution in [0.15, 0.2) is 48.5 Å². The van der Waals surface area contributed by atoms with Gasteiger partial charge in [-0.3, -0.25) is 4.79 Å². The third-order valence-corrected chi connectivity index (χ3v) is 4.54. The van der Waals surface area contributed by atoms with Crippen LogP contribution in [0.4, 0.5) is 0 Å². The maximum absolute atomic E-state index is 12.2. The molecule has 2 aromatic rings. The number of phenolic OH excluding ortho intramolecular Hbond substituents is 1. The van der Waals surface area contributed by atoms with Crippen molar-refractivity contribution in [1.29, 1.82) is 0 Å². The number of phenols is 1. The number of aromatic hydroxyl groups is 1. The molecule has 0 saturated carbocycles. The third kappa shape index (κ3) is 6.84. The van der Waals surface area contributed by atoms with Gasteiger partial charge in [-0.1, -0.05) is 36.4 Å². The molecule has 0 spiro atoms. The van der Waals surface area contributed by atoms with Crippen LogP contribution in [0.25, 0.3) is 0 Å². The lowest BCUT2D eigenvalue weighted by atomic mass is 10.0. The van der Waals surface area contributed by atoms with Gasteiger partial charge in [-0.15, -0.1) is 0 Å². The molecule has 0 heterocycles. The number of esters is 2. The Morgan fingerprint density at radius 2 is 1.87 bits per heavy atom. The summed E-state index contributed by atoms with van der Waals surface area (Å²) in [7, 11) is 1.21. The molecule has 3 atom stereocenters. The zero-order valence-corrected chi connectivity index (χ0v) is 17.1.